The van der Waals surface area contributed by atoms with Crippen molar-refractivity contribution in [3.63, 3.8) is 0 Å². The van der Waals surface area contributed by atoms with Crippen LogP contribution in [0.25, 0.3) is 0 Å². The molecule has 1 N–H and O–H groups in total. The van der Waals surface area contributed by atoms with Crippen LogP contribution in [-0.4, -0.2) is 38.1 Å². The van der Waals surface area contributed by atoms with Gasteiger partial charge in [-0.05, 0) is 24.3 Å². The Morgan fingerprint density at radius 2 is 1.88 bits per heavy atom. The minimum atomic E-state index is -0.723. The van der Waals surface area contributed by atoms with Crippen molar-refractivity contribution in [3.8, 4) is 11.5 Å². The van der Waals surface area contributed by atoms with Gasteiger partial charge in [0.05, 0.1) is 25.3 Å². The van der Waals surface area contributed by atoms with Crippen molar-refractivity contribution >= 4 is 17.5 Å². The third kappa shape index (κ3) is 4.09. The lowest BCUT2D eigenvalue weighted by atomic mass is 10.2. The van der Waals surface area contributed by atoms with Gasteiger partial charge in [-0.15, -0.1) is 0 Å². The molecule has 3 rings (SSSR count). The lowest BCUT2D eigenvalue weighted by Gasteiger charge is -2.31. The van der Waals surface area contributed by atoms with Gasteiger partial charge in [0.2, 0.25) is 5.91 Å². The van der Waals surface area contributed by atoms with Gasteiger partial charge in [0.15, 0.2) is 6.10 Å². The topological polar surface area (TPSA) is 67.9 Å². The zero-order chi connectivity index (χ0) is 17.6. The van der Waals surface area contributed by atoms with E-state index in [0.717, 1.165) is 11.4 Å². The van der Waals surface area contributed by atoms with E-state index in [4.69, 9.17) is 9.47 Å². The second-order valence-corrected chi connectivity index (χ2v) is 5.69. The molecule has 2 aromatic carbocycles. The molecule has 0 fully saturated rings. The maximum absolute atomic E-state index is 12.3. The molecule has 0 saturated heterocycles. The van der Waals surface area contributed by atoms with Gasteiger partial charge in [0.1, 0.15) is 11.5 Å². The predicted octanol–water partition coefficient (Wildman–Crippen LogP) is 2.00. The van der Waals surface area contributed by atoms with Crippen molar-refractivity contribution in [2.24, 2.45) is 0 Å². The largest absolute Gasteiger partial charge is 0.493 e. The standard InChI is InChI=1S/C19H20N2O4/c1-21-15-9-5-6-10-16(15)25-17(19(21)23)13-20-18(22)11-12-24-14-7-3-2-4-8-14/h2-10,17H,11-13H2,1H3,(H,20,22). The number of rotatable bonds is 6. The van der Waals surface area contributed by atoms with Gasteiger partial charge in [0.25, 0.3) is 5.91 Å². The lowest BCUT2D eigenvalue weighted by molar-refractivity contribution is -0.127. The molecule has 0 saturated carbocycles. The van der Waals surface area contributed by atoms with Crippen molar-refractivity contribution in [1.82, 2.24) is 5.32 Å². The molecule has 0 radical (unpaired) electrons. The summed E-state index contributed by atoms with van der Waals surface area (Å²) in [5.74, 6) is 0.990. The SMILES string of the molecule is CN1C(=O)C(CNC(=O)CCOc2ccccc2)Oc2ccccc21. The van der Waals surface area contributed by atoms with E-state index in [0.29, 0.717) is 5.75 Å². The summed E-state index contributed by atoms with van der Waals surface area (Å²) in [6.07, 6.45) is -0.513. The molecule has 1 aliphatic heterocycles. The number of benzene rings is 2. The first-order chi connectivity index (χ1) is 12.1. The normalized spacial score (nSPS) is 16.0. The van der Waals surface area contributed by atoms with E-state index < -0.39 is 6.10 Å². The van der Waals surface area contributed by atoms with Crippen LogP contribution >= 0.6 is 0 Å². The number of carbonyl (C=O) groups is 2. The van der Waals surface area contributed by atoms with E-state index >= 15 is 0 Å². The van der Waals surface area contributed by atoms with Crippen LogP contribution in [0.5, 0.6) is 11.5 Å². The van der Waals surface area contributed by atoms with E-state index in [-0.39, 0.29) is 31.4 Å². The van der Waals surface area contributed by atoms with E-state index in [1.54, 1.807) is 18.0 Å². The van der Waals surface area contributed by atoms with Crippen molar-refractivity contribution in [2.75, 3.05) is 25.1 Å². The number of nitrogens with one attached hydrogen (secondary N) is 1. The molecule has 2 aromatic rings. The molecule has 6 nitrogen and oxygen atoms in total. The summed E-state index contributed by atoms with van der Waals surface area (Å²) in [5, 5.41) is 2.73. The third-order valence-electron chi connectivity index (χ3n) is 3.93. The number of hydrogen-bond acceptors (Lipinski definition) is 4. The van der Waals surface area contributed by atoms with Crippen LogP contribution in [0.2, 0.25) is 0 Å². The van der Waals surface area contributed by atoms with E-state index in [2.05, 4.69) is 5.32 Å². The second-order valence-electron chi connectivity index (χ2n) is 5.69. The number of carbonyl (C=O) groups excluding carboxylic acids is 2. The van der Waals surface area contributed by atoms with Crippen molar-refractivity contribution in [2.45, 2.75) is 12.5 Å². The van der Waals surface area contributed by atoms with Crippen LogP contribution in [0, 0.1) is 0 Å². The number of para-hydroxylation sites is 3. The molecule has 2 amide bonds. The molecule has 1 heterocycles. The monoisotopic (exact) mass is 340 g/mol. The maximum Gasteiger partial charge on any atom is 0.269 e. The number of fused-ring (bicyclic) bond motifs is 1. The predicted molar refractivity (Wildman–Crippen MR) is 93.8 cm³/mol. The van der Waals surface area contributed by atoms with Crippen molar-refractivity contribution < 1.29 is 19.1 Å². The van der Waals surface area contributed by atoms with E-state index in [9.17, 15) is 9.59 Å². The Kier molecular flexibility index (Phi) is 5.18. The van der Waals surface area contributed by atoms with Gasteiger partial charge < -0.3 is 19.7 Å². The number of nitrogens with zero attached hydrogens (tertiary/aromatic N) is 1. The molecule has 25 heavy (non-hydrogen) atoms. The van der Waals surface area contributed by atoms with Crippen LogP contribution in [0.1, 0.15) is 6.42 Å². The Bertz CT molecular complexity index is 748. The quantitative estimate of drug-likeness (QED) is 0.873. The van der Waals surface area contributed by atoms with Crippen LogP contribution < -0.4 is 19.7 Å². The summed E-state index contributed by atoms with van der Waals surface area (Å²) in [5.41, 5.74) is 0.728. The van der Waals surface area contributed by atoms with Crippen molar-refractivity contribution in [3.05, 3.63) is 54.6 Å². The summed E-state index contributed by atoms with van der Waals surface area (Å²) in [6.45, 7) is 0.403. The molecule has 0 aliphatic carbocycles. The van der Waals surface area contributed by atoms with Gasteiger partial charge in [-0.3, -0.25) is 9.59 Å². The highest BCUT2D eigenvalue weighted by atomic mass is 16.5. The number of anilines is 1. The fraction of sp³-hybridized carbons (Fsp3) is 0.263. The third-order valence-corrected chi connectivity index (χ3v) is 3.93. The number of likely N-dealkylation sites (N-methyl/N-ethyl adjacent to an activating group) is 1. The second kappa shape index (κ2) is 7.70. The smallest absolute Gasteiger partial charge is 0.269 e. The molecule has 130 valence electrons. The fourth-order valence-electron chi connectivity index (χ4n) is 2.57. The Morgan fingerprint density at radius 1 is 1.16 bits per heavy atom. The minimum Gasteiger partial charge on any atom is -0.493 e. The summed E-state index contributed by atoms with van der Waals surface area (Å²) in [6, 6.07) is 16.6. The van der Waals surface area contributed by atoms with Crippen LogP contribution in [0.4, 0.5) is 5.69 Å². The average Bonchev–Trinajstić information content (AvgIpc) is 2.64. The van der Waals surface area contributed by atoms with Gasteiger partial charge in [-0.1, -0.05) is 30.3 Å². The Balaban J connectivity index is 1.47. The molecular weight excluding hydrogens is 320 g/mol. The Hall–Kier alpha value is -3.02. The molecule has 0 aromatic heterocycles. The number of hydrogen-bond donors (Lipinski definition) is 1. The highest BCUT2D eigenvalue weighted by molar-refractivity contribution is 5.99. The molecule has 0 bridgehead atoms. The number of ether oxygens (including phenoxy) is 2. The first kappa shape index (κ1) is 16.8. The lowest BCUT2D eigenvalue weighted by Crippen LogP contribution is -2.49. The average molecular weight is 340 g/mol. The zero-order valence-electron chi connectivity index (χ0n) is 14.0. The first-order valence-electron chi connectivity index (χ1n) is 8.13. The van der Waals surface area contributed by atoms with Gasteiger partial charge in [0, 0.05) is 7.05 Å². The summed E-state index contributed by atoms with van der Waals surface area (Å²) >= 11 is 0. The highest BCUT2D eigenvalue weighted by Crippen LogP contribution is 2.32. The van der Waals surface area contributed by atoms with E-state index in [1.165, 1.54) is 0 Å². The van der Waals surface area contributed by atoms with Crippen LogP contribution in [-0.2, 0) is 9.59 Å². The summed E-state index contributed by atoms with van der Waals surface area (Å²) in [4.78, 5) is 25.8. The first-order valence-corrected chi connectivity index (χ1v) is 8.13. The van der Waals surface area contributed by atoms with Crippen molar-refractivity contribution in [1.29, 1.82) is 0 Å². The van der Waals surface area contributed by atoms with Gasteiger partial charge in [-0.2, -0.15) is 0 Å². The van der Waals surface area contributed by atoms with E-state index in [1.807, 2.05) is 48.5 Å². The molecule has 1 aliphatic rings. The Labute approximate surface area is 146 Å². The van der Waals surface area contributed by atoms with Gasteiger partial charge in [-0.25, -0.2) is 0 Å². The molecule has 0 spiro atoms. The highest BCUT2D eigenvalue weighted by Gasteiger charge is 2.32. The molecule has 1 unspecified atom stereocenters. The minimum absolute atomic E-state index is 0.127. The molecule has 1 atom stereocenters. The fourth-order valence-corrected chi connectivity index (χ4v) is 2.57. The summed E-state index contributed by atoms with van der Waals surface area (Å²) in [7, 11) is 1.70. The number of amides is 2. The Morgan fingerprint density at radius 3 is 2.68 bits per heavy atom. The molecule has 6 heteroatoms. The van der Waals surface area contributed by atoms with Gasteiger partial charge >= 0.3 is 0 Å². The maximum atomic E-state index is 12.3. The van der Waals surface area contributed by atoms with Crippen LogP contribution in [0.15, 0.2) is 54.6 Å². The molecular formula is C19H20N2O4. The summed E-state index contributed by atoms with van der Waals surface area (Å²) < 4.78 is 11.2. The zero-order valence-corrected chi connectivity index (χ0v) is 14.0. The van der Waals surface area contributed by atoms with Crippen LogP contribution in [0.3, 0.4) is 0 Å².